The van der Waals surface area contributed by atoms with Crippen molar-refractivity contribution in [2.24, 2.45) is 0 Å². The van der Waals surface area contributed by atoms with E-state index >= 15 is 0 Å². The van der Waals surface area contributed by atoms with Crippen molar-refractivity contribution in [3.63, 3.8) is 0 Å². The van der Waals surface area contributed by atoms with Gasteiger partial charge in [0.1, 0.15) is 0 Å². The summed E-state index contributed by atoms with van der Waals surface area (Å²) in [5.41, 5.74) is 0.378. The summed E-state index contributed by atoms with van der Waals surface area (Å²) in [6.45, 7) is 1.39. The Labute approximate surface area is 143 Å². The molecular formula is C17H18FNO2S2. The van der Waals surface area contributed by atoms with Crippen LogP contribution in [0.25, 0.3) is 0 Å². The van der Waals surface area contributed by atoms with E-state index in [0.29, 0.717) is 23.9 Å². The number of halogens is 1. The van der Waals surface area contributed by atoms with Gasteiger partial charge in [0.15, 0.2) is 11.6 Å². The number of rotatable bonds is 3. The van der Waals surface area contributed by atoms with E-state index < -0.39 is 5.82 Å². The van der Waals surface area contributed by atoms with Crippen LogP contribution in [0.4, 0.5) is 4.39 Å². The summed E-state index contributed by atoms with van der Waals surface area (Å²) in [6.07, 6.45) is 0.926. The number of ether oxygens (including phenoxy) is 1. The van der Waals surface area contributed by atoms with Crippen molar-refractivity contribution >= 4 is 29.0 Å². The summed E-state index contributed by atoms with van der Waals surface area (Å²) in [4.78, 5) is 15.8. The van der Waals surface area contributed by atoms with Gasteiger partial charge in [-0.15, -0.1) is 11.3 Å². The summed E-state index contributed by atoms with van der Waals surface area (Å²) >= 11 is 3.65. The minimum atomic E-state index is -0.501. The van der Waals surface area contributed by atoms with Crippen LogP contribution in [0.2, 0.25) is 0 Å². The standard InChI is InChI=1S/C17H18FNO2S2/c1-21-14-5-4-12(11-13(14)18)17(20)19-7-6-16(23-10-8-19)15-3-2-9-22-15/h2-5,9,11,16H,6-8,10H2,1H3/t16-/m0/s1. The molecule has 0 saturated carbocycles. The molecule has 3 nitrogen and oxygen atoms in total. The molecule has 1 saturated heterocycles. The number of hydrogen-bond acceptors (Lipinski definition) is 4. The Bertz CT molecular complexity index is 675. The molecule has 0 bridgehead atoms. The number of hydrogen-bond donors (Lipinski definition) is 0. The van der Waals surface area contributed by atoms with E-state index in [2.05, 4.69) is 17.5 Å². The fourth-order valence-corrected chi connectivity index (χ4v) is 4.89. The number of carbonyl (C=O) groups excluding carboxylic acids is 1. The predicted molar refractivity (Wildman–Crippen MR) is 93.0 cm³/mol. The Balaban J connectivity index is 1.69. The third-order valence-corrected chi connectivity index (χ3v) is 6.33. The molecule has 122 valence electrons. The first-order valence-electron chi connectivity index (χ1n) is 7.47. The highest BCUT2D eigenvalue weighted by molar-refractivity contribution is 7.99. The van der Waals surface area contributed by atoms with Crippen LogP contribution in [-0.2, 0) is 0 Å². The van der Waals surface area contributed by atoms with E-state index in [-0.39, 0.29) is 11.7 Å². The van der Waals surface area contributed by atoms with Crippen molar-refractivity contribution in [2.75, 3.05) is 26.0 Å². The Morgan fingerprint density at radius 1 is 1.35 bits per heavy atom. The zero-order valence-electron chi connectivity index (χ0n) is 12.8. The van der Waals surface area contributed by atoms with E-state index in [1.54, 1.807) is 17.4 Å². The number of methoxy groups -OCH3 is 1. The van der Waals surface area contributed by atoms with Crippen LogP contribution < -0.4 is 4.74 Å². The molecule has 23 heavy (non-hydrogen) atoms. The summed E-state index contributed by atoms with van der Waals surface area (Å²) < 4.78 is 18.7. The van der Waals surface area contributed by atoms with Crippen molar-refractivity contribution in [3.05, 3.63) is 52.0 Å². The van der Waals surface area contributed by atoms with E-state index in [9.17, 15) is 9.18 Å². The van der Waals surface area contributed by atoms with Gasteiger partial charge in [-0.25, -0.2) is 4.39 Å². The van der Waals surface area contributed by atoms with Crippen LogP contribution >= 0.6 is 23.1 Å². The average Bonchev–Trinajstić information content (AvgIpc) is 2.99. The van der Waals surface area contributed by atoms with Gasteiger partial charge in [0, 0.05) is 34.5 Å². The van der Waals surface area contributed by atoms with Crippen molar-refractivity contribution in [3.8, 4) is 5.75 Å². The first-order valence-corrected chi connectivity index (χ1v) is 9.39. The maximum atomic E-state index is 13.8. The van der Waals surface area contributed by atoms with Gasteiger partial charge in [0.2, 0.25) is 0 Å². The van der Waals surface area contributed by atoms with E-state index in [0.717, 1.165) is 12.2 Å². The highest BCUT2D eigenvalue weighted by atomic mass is 32.2. The largest absolute Gasteiger partial charge is 0.494 e. The third-order valence-electron chi connectivity index (χ3n) is 3.89. The Kier molecular flexibility index (Phi) is 5.23. The van der Waals surface area contributed by atoms with Crippen LogP contribution in [0.15, 0.2) is 35.7 Å². The van der Waals surface area contributed by atoms with Crippen LogP contribution in [0.5, 0.6) is 5.75 Å². The Hall–Kier alpha value is -1.53. The highest BCUT2D eigenvalue weighted by Gasteiger charge is 2.23. The molecule has 1 atom stereocenters. The maximum Gasteiger partial charge on any atom is 0.253 e. The topological polar surface area (TPSA) is 29.5 Å². The molecule has 0 unspecified atom stereocenters. The van der Waals surface area contributed by atoms with Gasteiger partial charge in [0.05, 0.1) is 7.11 Å². The zero-order valence-corrected chi connectivity index (χ0v) is 14.5. The van der Waals surface area contributed by atoms with Crippen LogP contribution in [0, 0.1) is 5.82 Å². The van der Waals surface area contributed by atoms with Gasteiger partial charge < -0.3 is 9.64 Å². The van der Waals surface area contributed by atoms with Gasteiger partial charge in [-0.1, -0.05) is 6.07 Å². The van der Waals surface area contributed by atoms with E-state index in [4.69, 9.17) is 4.74 Å². The molecule has 1 aliphatic heterocycles. The lowest BCUT2D eigenvalue weighted by Gasteiger charge is -2.20. The molecule has 1 aromatic heterocycles. The van der Waals surface area contributed by atoms with Crippen molar-refractivity contribution in [2.45, 2.75) is 11.7 Å². The fraction of sp³-hybridized carbons (Fsp3) is 0.353. The second-order valence-corrected chi connectivity index (χ2v) is 7.59. The van der Waals surface area contributed by atoms with Gasteiger partial charge in [-0.2, -0.15) is 11.8 Å². The molecular weight excluding hydrogens is 333 g/mol. The monoisotopic (exact) mass is 351 g/mol. The lowest BCUT2D eigenvalue weighted by molar-refractivity contribution is 0.0766. The number of nitrogens with zero attached hydrogens (tertiary/aromatic N) is 1. The minimum absolute atomic E-state index is 0.112. The Morgan fingerprint density at radius 2 is 2.22 bits per heavy atom. The number of thioether (sulfide) groups is 1. The zero-order chi connectivity index (χ0) is 16.2. The number of thiophene rings is 1. The van der Waals surface area contributed by atoms with E-state index in [1.807, 2.05) is 16.7 Å². The molecule has 6 heteroatoms. The first-order chi connectivity index (χ1) is 11.2. The average molecular weight is 351 g/mol. The highest BCUT2D eigenvalue weighted by Crippen LogP contribution is 2.37. The van der Waals surface area contributed by atoms with Gasteiger partial charge >= 0.3 is 0 Å². The molecule has 0 radical (unpaired) electrons. The quantitative estimate of drug-likeness (QED) is 0.829. The van der Waals surface area contributed by atoms with Crippen LogP contribution in [0.1, 0.15) is 26.9 Å². The molecule has 1 aliphatic rings. The normalized spacial score (nSPS) is 18.5. The van der Waals surface area contributed by atoms with Crippen LogP contribution in [0.3, 0.4) is 0 Å². The molecule has 2 aromatic rings. The fourth-order valence-electron chi connectivity index (χ4n) is 2.66. The van der Waals surface area contributed by atoms with Gasteiger partial charge in [-0.3, -0.25) is 4.79 Å². The summed E-state index contributed by atoms with van der Waals surface area (Å²) in [5.74, 6) is 0.441. The van der Waals surface area contributed by atoms with Gasteiger partial charge in [-0.05, 0) is 36.1 Å². The Morgan fingerprint density at radius 3 is 2.91 bits per heavy atom. The molecule has 0 N–H and O–H groups in total. The van der Waals surface area contributed by atoms with Crippen molar-refractivity contribution < 1.29 is 13.9 Å². The van der Waals surface area contributed by atoms with Crippen molar-refractivity contribution in [1.82, 2.24) is 4.90 Å². The molecule has 1 aromatic carbocycles. The molecule has 1 amide bonds. The first kappa shape index (κ1) is 16.3. The number of benzene rings is 1. The van der Waals surface area contributed by atoms with E-state index in [1.165, 1.54) is 24.1 Å². The number of carbonyl (C=O) groups is 1. The lowest BCUT2D eigenvalue weighted by atomic mass is 10.1. The predicted octanol–water partition coefficient (Wildman–Crippen LogP) is 4.22. The molecule has 0 spiro atoms. The minimum Gasteiger partial charge on any atom is -0.494 e. The second-order valence-electron chi connectivity index (χ2n) is 5.31. The summed E-state index contributed by atoms with van der Waals surface area (Å²) in [5, 5.41) is 2.53. The molecule has 3 rings (SSSR count). The lowest BCUT2D eigenvalue weighted by Crippen LogP contribution is -2.33. The maximum absolute atomic E-state index is 13.8. The van der Waals surface area contributed by atoms with Gasteiger partial charge in [0.25, 0.3) is 5.91 Å². The van der Waals surface area contributed by atoms with Crippen molar-refractivity contribution in [1.29, 1.82) is 0 Å². The smallest absolute Gasteiger partial charge is 0.253 e. The summed E-state index contributed by atoms with van der Waals surface area (Å²) in [6, 6.07) is 8.60. The van der Waals surface area contributed by atoms with Crippen LogP contribution in [-0.4, -0.2) is 36.8 Å². The second kappa shape index (κ2) is 7.36. The number of amides is 1. The third kappa shape index (κ3) is 3.70. The SMILES string of the molecule is COc1ccc(C(=O)N2CCS[C@H](c3cccs3)CC2)cc1F. The molecule has 2 heterocycles. The summed E-state index contributed by atoms with van der Waals surface area (Å²) in [7, 11) is 1.41. The molecule has 0 aliphatic carbocycles. The molecule has 1 fully saturated rings.